The first-order valence-corrected chi connectivity index (χ1v) is 5.39. The Hall–Kier alpha value is -2.29. The van der Waals surface area contributed by atoms with Gasteiger partial charge in [-0.15, -0.1) is 0 Å². The van der Waals surface area contributed by atoms with Gasteiger partial charge in [0, 0.05) is 11.3 Å². The van der Waals surface area contributed by atoms with E-state index in [-0.39, 0.29) is 0 Å². The van der Waals surface area contributed by atoms with Crippen molar-refractivity contribution in [1.82, 2.24) is 4.98 Å². The molecule has 0 aliphatic carbocycles. The van der Waals surface area contributed by atoms with Crippen molar-refractivity contribution in [3.8, 4) is 22.8 Å². The summed E-state index contributed by atoms with van der Waals surface area (Å²) in [6.45, 7) is 1.96. The zero-order valence-corrected chi connectivity index (χ0v) is 9.38. The number of pyridine rings is 1. The lowest BCUT2D eigenvalue weighted by Gasteiger charge is -2.02. The predicted octanol–water partition coefficient (Wildman–Crippen LogP) is 3.91. The molecule has 84 valence electrons. The van der Waals surface area contributed by atoms with E-state index in [9.17, 15) is 0 Å². The van der Waals surface area contributed by atoms with Gasteiger partial charge >= 0.3 is 0 Å². The van der Waals surface area contributed by atoms with E-state index in [1.807, 2.05) is 43.3 Å². The van der Waals surface area contributed by atoms with Crippen LogP contribution >= 0.6 is 0 Å². The fraction of sp³-hybridized carbons (Fsp3) is 0.0714. The Kier molecular flexibility index (Phi) is 2.29. The third-order valence-corrected chi connectivity index (χ3v) is 2.53. The summed E-state index contributed by atoms with van der Waals surface area (Å²) in [5, 5.41) is 0. The van der Waals surface area contributed by atoms with E-state index in [1.54, 1.807) is 12.5 Å². The van der Waals surface area contributed by atoms with Gasteiger partial charge in [-0.05, 0) is 43.3 Å². The van der Waals surface area contributed by atoms with Crippen LogP contribution in [0.15, 0.2) is 57.8 Å². The molecule has 0 radical (unpaired) electrons. The zero-order valence-electron chi connectivity index (χ0n) is 9.38. The van der Waals surface area contributed by atoms with E-state index in [0.29, 0.717) is 0 Å². The van der Waals surface area contributed by atoms with Gasteiger partial charge in [-0.25, -0.2) is 4.98 Å². The summed E-state index contributed by atoms with van der Waals surface area (Å²) in [5.41, 5.74) is 2.76. The maximum absolute atomic E-state index is 5.39. The number of nitrogens with zero attached hydrogens (tertiary/aromatic N) is 1. The van der Waals surface area contributed by atoms with Crippen LogP contribution in [0.3, 0.4) is 0 Å². The molecule has 0 fully saturated rings. The van der Waals surface area contributed by atoms with Crippen molar-refractivity contribution in [2.75, 3.05) is 0 Å². The van der Waals surface area contributed by atoms with Crippen molar-refractivity contribution in [2.24, 2.45) is 0 Å². The Morgan fingerprint density at radius 2 is 1.65 bits per heavy atom. The molecule has 3 aromatic heterocycles. The van der Waals surface area contributed by atoms with E-state index in [0.717, 1.165) is 28.5 Å². The molecule has 3 nitrogen and oxygen atoms in total. The number of aryl methyl sites for hydroxylation is 1. The lowest BCUT2D eigenvalue weighted by Crippen LogP contribution is -1.87. The summed E-state index contributed by atoms with van der Waals surface area (Å²) < 4.78 is 10.7. The van der Waals surface area contributed by atoms with Crippen molar-refractivity contribution in [3.63, 3.8) is 0 Å². The highest BCUT2D eigenvalue weighted by molar-refractivity contribution is 5.65. The van der Waals surface area contributed by atoms with E-state index in [2.05, 4.69) is 4.98 Å². The van der Waals surface area contributed by atoms with Crippen LogP contribution in [0.2, 0.25) is 0 Å². The molecule has 0 aliphatic heterocycles. The van der Waals surface area contributed by atoms with Crippen LogP contribution in [0.4, 0.5) is 0 Å². The fourth-order valence-corrected chi connectivity index (χ4v) is 1.80. The van der Waals surface area contributed by atoms with E-state index in [1.165, 1.54) is 0 Å². The molecule has 3 aromatic rings. The highest BCUT2D eigenvalue weighted by Gasteiger charge is 2.08. The molecule has 0 atom stereocenters. The number of furan rings is 2. The summed E-state index contributed by atoms with van der Waals surface area (Å²) in [6, 6.07) is 11.5. The van der Waals surface area contributed by atoms with Gasteiger partial charge in [-0.1, -0.05) is 0 Å². The third kappa shape index (κ3) is 1.87. The van der Waals surface area contributed by atoms with Crippen LogP contribution in [-0.4, -0.2) is 4.98 Å². The van der Waals surface area contributed by atoms with Crippen LogP contribution < -0.4 is 0 Å². The van der Waals surface area contributed by atoms with Crippen LogP contribution in [0.5, 0.6) is 0 Å². The minimum atomic E-state index is 0.765. The molecule has 3 heteroatoms. The average Bonchev–Trinajstić information content (AvgIpc) is 3.02. The van der Waals surface area contributed by atoms with Crippen LogP contribution in [0.1, 0.15) is 5.69 Å². The average molecular weight is 225 g/mol. The molecule has 0 amide bonds. The Morgan fingerprint density at radius 3 is 2.29 bits per heavy atom. The molecule has 3 heterocycles. The Bertz CT molecular complexity index is 557. The topological polar surface area (TPSA) is 39.2 Å². The quantitative estimate of drug-likeness (QED) is 0.663. The van der Waals surface area contributed by atoms with Crippen LogP contribution in [0.25, 0.3) is 22.8 Å². The summed E-state index contributed by atoms with van der Waals surface area (Å²) in [5.74, 6) is 1.60. The van der Waals surface area contributed by atoms with Crippen molar-refractivity contribution < 1.29 is 8.83 Å². The Morgan fingerprint density at radius 1 is 0.941 bits per heavy atom. The number of aromatic nitrogens is 1. The lowest BCUT2D eigenvalue weighted by atomic mass is 10.1. The van der Waals surface area contributed by atoms with E-state index in [4.69, 9.17) is 8.83 Å². The van der Waals surface area contributed by atoms with Gasteiger partial charge in [-0.2, -0.15) is 0 Å². The molecule has 3 rings (SSSR count). The smallest absolute Gasteiger partial charge is 0.152 e. The van der Waals surface area contributed by atoms with Gasteiger partial charge in [0.25, 0.3) is 0 Å². The van der Waals surface area contributed by atoms with Crippen molar-refractivity contribution in [1.29, 1.82) is 0 Å². The minimum absolute atomic E-state index is 0.765. The number of hydrogen-bond acceptors (Lipinski definition) is 3. The lowest BCUT2D eigenvalue weighted by molar-refractivity contribution is 0.578. The molecule has 0 spiro atoms. The molecule has 0 N–H and O–H groups in total. The van der Waals surface area contributed by atoms with E-state index < -0.39 is 0 Å². The largest absolute Gasteiger partial charge is 0.464 e. The van der Waals surface area contributed by atoms with Gasteiger partial charge in [0.2, 0.25) is 0 Å². The van der Waals surface area contributed by atoms with Gasteiger partial charge in [0.05, 0.1) is 12.5 Å². The van der Waals surface area contributed by atoms with Crippen molar-refractivity contribution >= 4 is 0 Å². The highest BCUT2D eigenvalue weighted by atomic mass is 16.3. The molecule has 0 saturated carbocycles. The molecule has 0 saturated heterocycles. The molecule has 0 aliphatic rings. The van der Waals surface area contributed by atoms with Crippen molar-refractivity contribution in [3.05, 3.63) is 54.6 Å². The van der Waals surface area contributed by atoms with Gasteiger partial charge in [0.1, 0.15) is 11.5 Å². The maximum Gasteiger partial charge on any atom is 0.152 e. The highest BCUT2D eigenvalue weighted by Crippen LogP contribution is 2.26. The third-order valence-electron chi connectivity index (χ3n) is 2.53. The first kappa shape index (κ1) is 9.90. The zero-order chi connectivity index (χ0) is 11.7. The standard InChI is InChI=1S/C14H11NO2/c1-10-8-11(13-4-2-6-16-13)9-12(15-10)14-5-3-7-17-14/h2-9H,1H3. The first-order chi connectivity index (χ1) is 8.33. The number of hydrogen-bond donors (Lipinski definition) is 0. The number of rotatable bonds is 2. The fourth-order valence-electron chi connectivity index (χ4n) is 1.80. The predicted molar refractivity (Wildman–Crippen MR) is 64.4 cm³/mol. The second kappa shape index (κ2) is 3.94. The summed E-state index contributed by atoms with van der Waals surface area (Å²) in [6.07, 6.45) is 3.31. The molecule has 0 bridgehead atoms. The molecule has 0 unspecified atom stereocenters. The van der Waals surface area contributed by atoms with Gasteiger partial charge in [-0.3, -0.25) is 0 Å². The van der Waals surface area contributed by atoms with E-state index >= 15 is 0 Å². The Labute approximate surface area is 98.7 Å². The second-order valence-corrected chi connectivity index (χ2v) is 3.84. The monoisotopic (exact) mass is 225 g/mol. The van der Waals surface area contributed by atoms with Gasteiger partial charge in [0.15, 0.2) is 5.76 Å². The Balaban J connectivity index is 2.13. The first-order valence-electron chi connectivity index (χ1n) is 5.39. The normalized spacial score (nSPS) is 10.6. The summed E-state index contributed by atoms with van der Waals surface area (Å²) >= 11 is 0. The molecule has 17 heavy (non-hydrogen) atoms. The van der Waals surface area contributed by atoms with Gasteiger partial charge < -0.3 is 8.83 Å². The van der Waals surface area contributed by atoms with Crippen LogP contribution in [0, 0.1) is 6.92 Å². The maximum atomic E-state index is 5.39. The minimum Gasteiger partial charge on any atom is -0.464 e. The molecule has 0 aromatic carbocycles. The van der Waals surface area contributed by atoms with Crippen molar-refractivity contribution in [2.45, 2.75) is 6.92 Å². The molecular weight excluding hydrogens is 214 g/mol. The van der Waals surface area contributed by atoms with Crippen LogP contribution in [-0.2, 0) is 0 Å². The summed E-state index contributed by atoms with van der Waals surface area (Å²) in [4.78, 5) is 4.45. The summed E-state index contributed by atoms with van der Waals surface area (Å²) in [7, 11) is 0. The molecular formula is C14H11NO2. The second-order valence-electron chi connectivity index (χ2n) is 3.84. The SMILES string of the molecule is Cc1cc(-c2ccco2)cc(-c2ccco2)n1.